The maximum Gasteiger partial charge on any atom is 0.195 e. The molecule has 3 nitrogen and oxygen atoms in total. The zero-order valence-corrected chi connectivity index (χ0v) is 18.2. The lowest BCUT2D eigenvalue weighted by molar-refractivity contribution is 0.0979. The summed E-state index contributed by atoms with van der Waals surface area (Å²) in [5.41, 5.74) is 2.08. The third-order valence-electron chi connectivity index (χ3n) is 5.37. The van der Waals surface area contributed by atoms with Crippen molar-refractivity contribution in [3.05, 3.63) is 128 Å². The third kappa shape index (κ3) is 3.44. The largest absolute Gasteiger partial charge is 0.289 e. The molecule has 0 radical (unpaired) electrons. The van der Waals surface area contributed by atoms with Crippen molar-refractivity contribution < 1.29 is 9.59 Å². The summed E-state index contributed by atoms with van der Waals surface area (Å²) in [5.74, 6) is -0.128. The molecule has 1 aliphatic carbocycles. The molecule has 0 atom stereocenters. The average Bonchev–Trinajstić information content (AvgIpc) is 2.84. The Hall–Kier alpha value is -3.60. The maximum absolute atomic E-state index is 12.2. The minimum Gasteiger partial charge on any atom is -0.289 e. The fourth-order valence-corrected chi connectivity index (χ4v) is 5.05. The molecule has 0 unspecified atom stereocenters. The van der Waals surface area contributed by atoms with Crippen LogP contribution in [-0.4, -0.2) is 11.6 Å². The first-order valence-electron chi connectivity index (χ1n) is 9.93. The smallest absolute Gasteiger partial charge is 0.195 e. The van der Waals surface area contributed by atoms with Crippen molar-refractivity contribution in [3.8, 4) is 0 Å². The van der Waals surface area contributed by atoms with Crippen molar-refractivity contribution in [2.24, 2.45) is 0 Å². The Kier molecular flexibility index (Phi) is 5.17. The zero-order chi connectivity index (χ0) is 22.2. The molecule has 0 saturated carbocycles. The van der Waals surface area contributed by atoms with Gasteiger partial charge in [-0.3, -0.25) is 14.4 Å². The fraction of sp³-hybridized carbons (Fsp3) is 0. The van der Waals surface area contributed by atoms with Crippen LogP contribution in [0.5, 0.6) is 0 Å². The number of hydrogen-bond acceptors (Lipinski definition) is 4. The average molecular weight is 455 g/mol. The van der Waals surface area contributed by atoms with Gasteiger partial charge < -0.3 is 0 Å². The van der Waals surface area contributed by atoms with Crippen molar-refractivity contribution in [3.63, 3.8) is 0 Å². The van der Waals surface area contributed by atoms with E-state index in [0.717, 1.165) is 14.8 Å². The Morgan fingerprint density at radius 3 is 1.56 bits per heavy atom. The SMILES string of the molecule is O=C1c2ccccc2C(=O)c2ccccc21.O=c1c2ccccc2sc2ccc(Cl)cc12. The number of fused-ring (bicyclic) bond motifs is 4. The van der Waals surface area contributed by atoms with Crippen LogP contribution in [-0.2, 0) is 0 Å². The first-order chi connectivity index (χ1) is 15.5. The van der Waals surface area contributed by atoms with E-state index in [-0.39, 0.29) is 17.0 Å². The lowest BCUT2D eigenvalue weighted by Crippen LogP contribution is -2.20. The van der Waals surface area contributed by atoms with Crippen molar-refractivity contribution in [1.29, 1.82) is 0 Å². The Bertz CT molecular complexity index is 1490. The van der Waals surface area contributed by atoms with Crippen LogP contribution in [0.1, 0.15) is 31.8 Å². The van der Waals surface area contributed by atoms with Crippen LogP contribution in [0.3, 0.4) is 0 Å². The molecule has 1 heterocycles. The second kappa shape index (κ2) is 8.15. The van der Waals surface area contributed by atoms with Crippen LogP contribution < -0.4 is 5.43 Å². The molecule has 5 heteroatoms. The van der Waals surface area contributed by atoms with E-state index in [1.165, 1.54) is 0 Å². The van der Waals surface area contributed by atoms with E-state index >= 15 is 0 Å². The summed E-state index contributed by atoms with van der Waals surface area (Å²) in [6, 6.07) is 27.0. The summed E-state index contributed by atoms with van der Waals surface area (Å²) >= 11 is 7.52. The van der Waals surface area contributed by atoms with Gasteiger partial charge in [-0.05, 0) is 30.3 Å². The summed E-state index contributed by atoms with van der Waals surface area (Å²) < 4.78 is 2.00. The van der Waals surface area contributed by atoms with Gasteiger partial charge in [0.05, 0.1) is 0 Å². The van der Waals surface area contributed by atoms with Crippen LogP contribution in [0.25, 0.3) is 20.2 Å². The number of ketones is 2. The summed E-state index contributed by atoms with van der Waals surface area (Å²) in [6.45, 7) is 0. The van der Waals surface area contributed by atoms with Gasteiger partial charge in [-0.2, -0.15) is 0 Å². The first-order valence-corrected chi connectivity index (χ1v) is 11.1. The maximum atomic E-state index is 12.2. The fourth-order valence-electron chi connectivity index (χ4n) is 3.82. The molecule has 0 spiro atoms. The van der Waals surface area contributed by atoms with Gasteiger partial charge in [0.1, 0.15) is 0 Å². The summed E-state index contributed by atoms with van der Waals surface area (Å²) in [5, 5.41) is 2.07. The standard InChI is InChI=1S/C14H8O2.C13H7ClOS/c15-13-9-5-1-2-6-10(9)14(16)12-8-4-3-7-11(12)13;14-8-5-6-12-10(7-8)13(15)9-3-1-2-4-11(9)16-12/h1-8H;1-7H. The van der Waals surface area contributed by atoms with E-state index in [4.69, 9.17) is 11.6 Å². The van der Waals surface area contributed by atoms with Crippen molar-refractivity contribution in [2.75, 3.05) is 0 Å². The summed E-state index contributed by atoms with van der Waals surface area (Å²) in [7, 11) is 0. The normalized spacial score (nSPS) is 12.2. The number of benzene rings is 4. The Labute approximate surface area is 192 Å². The molecule has 1 aromatic heterocycles. The van der Waals surface area contributed by atoms with Crippen LogP contribution in [0, 0.1) is 0 Å². The van der Waals surface area contributed by atoms with E-state index in [0.29, 0.717) is 32.7 Å². The molecular formula is C27H15ClO3S. The molecular weight excluding hydrogens is 440 g/mol. The van der Waals surface area contributed by atoms with Gasteiger partial charge in [0, 0.05) is 47.4 Å². The van der Waals surface area contributed by atoms with Crippen molar-refractivity contribution in [2.45, 2.75) is 0 Å². The van der Waals surface area contributed by atoms with Gasteiger partial charge in [0.2, 0.25) is 0 Å². The van der Waals surface area contributed by atoms with E-state index in [1.54, 1.807) is 65.9 Å². The molecule has 32 heavy (non-hydrogen) atoms. The van der Waals surface area contributed by atoms with Gasteiger partial charge in [-0.1, -0.05) is 72.3 Å². The zero-order valence-electron chi connectivity index (χ0n) is 16.7. The number of carbonyl (C=O) groups excluding carboxylic acids is 2. The third-order valence-corrected chi connectivity index (χ3v) is 6.76. The van der Waals surface area contributed by atoms with Gasteiger partial charge in [-0.25, -0.2) is 0 Å². The Morgan fingerprint density at radius 2 is 1.00 bits per heavy atom. The predicted octanol–water partition coefficient (Wildman–Crippen LogP) is 6.53. The Balaban J connectivity index is 0.000000135. The molecule has 0 amide bonds. The molecule has 4 aromatic carbocycles. The highest BCUT2D eigenvalue weighted by Crippen LogP contribution is 2.27. The van der Waals surface area contributed by atoms with Crippen LogP contribution in [0.15, 0.2) is 95.8 Å². The number of halogens is 1. The molecule has 0 aliphatic heterocycles. The predicted molar refractivity (Wildman–Crippen MR) is 130 cm³/mol. The second-order valence-corrected chi connectivity index (χ2v) is 8.84. The molecule has 0 N–H and O–H groups in total. The number of hydrogen-bond donors (Lipinski definition) is 0. The highest BCUT2D eigenvalue weighted by Gasteiger charge is 2.28. The molecule has 1 aliphatic rings. The molecule has 6 rings (SSSR count). The van der Waals surface area contributed by atoms with Gasteiger partial charge >= 0.3 is 0 Å². The van der Waals surface area contributed by atoms with Crippen LogP contribution in [0.4, 0.5) is 0 Å². The topological polar surface area (TPSA) is 51.2 Å². The van der Waals surface area contributed by atoms with E-state index in [9.17, 15) is 14.4 Å². The van der Waals surface area contributed by atoms with Crippen LogP contribution in [0.2, 0.25) is 5.02 Å². The van der Waals surface area contributed by atoms with E-state index in [2.05, 4.69) is 0 Å². The first kappa shape index (κ1) is 20.3. The number of rotatable bonds is 0. The van der Waals surface area contributed by atoms with Crippen molar-refractivity contribution in [1.82, 2.24) is 0 Å². The Morgan fingerprint density at radius 1 is 0.531 bits per heavy atom. The highest BCUT2D eigenvalue weighted by atomic mass is 35.5. The van der Waals surface area contributed by atoms with Gasteiger partial charge in [-0.15, -0.1) is 11.3 Å². The molecule has 5 aromatic rings. The van der Waals surface area contributed by atoms with E-state index in [1.807, 2.05) is 36.4 Å². The molecule has 0 saturated heterocycles. The molecule has 0 bridgehead atoms. The lowest BCUT2D eigenvalue weighted by atomic mass is 9.84. The van der Waals surface area contributed by atoms with Crippen LogP contribution >= 0.6 is 22.9 Å². The van der Waals surface area contributed by atoms with E-state index < -0.39 is 0 Å². The molecule has 0 fully saturated rings. The monoisotopic (exact) mass is 454 g/mol. The quantitative estimate of drug-likeness (QED) is 0.245. The van der Waals surface area contributed by atoms with Gasteiger partial charge in [0.25, 0.3) is 0 Å². The summed E-state index contributed by atoms with van der Waals surface area (Å²) in [6.07, 6.45) is 0. The molecule has 154 valence electrons. The minimum absolute atomic E-state index is 0.0619. The lowest BCUT2D eigenvalue weighted by Gasteiger charge is -2.16. The summed E-state index contributed by atoms with van der Waals surface area (Å²) in [4.78, 5) is 36.4. The number of carbonyl (C=O) groups is 2. The second-order valence-electron chi connectivity index (χ2n) is 7.32. The highest BCUT2D eigenvalue weighted by molar-refractivity contribution is 7.24. The van der Waals surface area contributed by atoms with Crippen molar-refractivity contribution >= 4 is 54.7 Å². The minimum atomic E-state index is -0.0641. The van der Waals surface area contributed by atoms with Gasteiger partial charge in [0.15, 0.2) is 17.0 Å².